The number of hydrogen-bond donors (Lipinski definition) is 2. The molecule has 0 atom stereocenters. The van der Waals surface area contributed by atoms with Crippen molar-refractivity contribution in [3.63, 3.8) is 0 Å². The van der Waals surface area contributed by atoms with Crippen molar-refractivity contribution in [1.29, 1.82) is 0 Å². The third kappa shape index (κ3) is 6.23. The highest BCUT2D eigenvalue weighted by molar-refractivity contribution is 6.07. The summed E-state index contributed by atoms with van der Waals surface area (Å²) < 4.78 is 115. The first-order valence-electron chi connectivity index (χ1n) is 9.78. The van der Waals surface area contributed by atoms with Gasteiger partial charge in [-0.25, -0.2) is 8.78 Å². The number of alkyl halides is 6. The number of benzene rings is 2. The van der Waals surface area contributed by atoms with E-state index in [9.17, 15) is 44.7 Å². The van der Waals surface area contributed by atoms with Gasteiger partial charge in [-0.3, -0.25) is 14.6 Å². The van der Waals surface area contributed by atoms with Gasteiger partial charge in [0.05, 0.1) is 5.56 Å². The van der Waals surface area contributed by atoms with E-state index in [1.165, 1.54) is 0 Å². The molecule has 0 saturated carbocycles. The number of hydrogen-bond acceptors (Lipinski definition) is 5. The lowest BCUT2D eigenvalue weighted by Gasteiger charge is -2.18. The van der Waals surface area contributed by atoms with Crippen LogP contribution in [0.2, 0.25) is 0 Å². The van der Waals surface area contributed by atoms with Crippen molar-refractivity contribution in [2.24, 2.45) is 5.73 Å². The number of halogens is 8. The Kier molecular flexibility index (Phi) is 7.27. The summed E-state index contributed by atoms with van der Waals surface area (Å²) in [4.78, 5) is 27.7. The average Bonchev–Trinajstić information content (AvgIpc) is 2.77. The molecule has 0 unspecified atom stereocenters. The normalized spacial score (nSPS) is 11.7. The molecule has 0 bridgehead atoms. The third-order valence-corrected chi connectivity index (χ3v) is 4.65. The molecule has 0 aliphatic carbocycles. The van der Waals surface area contributed by atoms with Crippen LogP contribution in [0, 0.1) is 18.6 Å². The fraction of sp³-hybridized carbons (Fsp3) is 0.136. The number of carbonyl (C=O) groups excluding carboxylic acids is 2. The first-order valence-corrected chi connectivity index (χ1v) is 9.78. The quantitative estimate of drug-likeness (QED) is 0.393. The van der Waals surface area contributed by atoms with Crippen LogP contribution >= 0.6 is 0 Å². The van der Waals surface area contributed by atoms with E-state index in [-0.39, 0.29) is 17.4 Å². The molecule has 15 heteroatoms. The number of aromatic nitrogens is 1. The number of ether oxygens (including phenoxy) is 2. The molecule has 0 aliphatic rings. The maximum Gasteiger partial charge on any atom is 0.573 e. The Labute approximate surface area is 201 Å². The largest absolute Gasteiger partial charge is 0.573 e. The molecule has 1 aromatic heterocycles. The van der Waals surface area contributed by atoms with Gasteiger partial charge in [0.15, 0.2) is 17.4 Å². The zero-order chi connectivity index (χ0) is 27.7. The third-order valence-electron chi connectivity index (χ3n) is 4.65. The molecule has 0 radical (unpaired) electrons. The fourth-order valence-electron chi connectivity index (χ4n) is 2.99. The zero-order valence-electron chi connectivity index (χ0n) is 18.2. The van der Waals surface area contributed by atoms with Gasteiger partial charge in [-0.2, -0.15) is 13.2 Å². The van der Waals surface area contributed by atoms with Crippen LogP contribution in [0.4, 0.5) is 40.8 Å². The van der Waals surface area contributed by atoms with Crippen LogP contribution in [-0.2, 0) is 6.18 Å². The molecular formula is C22H13F8N3O4. The van der Waals surface area contributed by atoms with E-state index in [0.717, 1.165) is 31.3 Å². The Morgan fingerprint density at radius 1 is 0.919 bits per heavy atom. The first kappa shape index (κ1) is 27.2. The van der Waals surface area contributed by atoms with Crippen LogP contribution in [0.5, 0.6) is 17.2 Å². The highest BCUT2D eigenvalue weighted by atomic mass is 19.4. The zero-order valence-corrected chi connectivity index (χ0v) is 18.2. The van der Waals surface area contributed by atoms with Gasteiger partial charge in [0.2, 0.25) is 0 Å². The molecule has 2 aromatic carbocycles. The van der Waals surface area contributed by atoms with Crippen molar-refractivity contribution in [2.75, 3.05) is 5.32 Å². The summed E-state index contributed by atoms with van der Waals surface area (Å²) in [5.41, 5.74) is 0.844. The van der Waals surface area contributed by atoms with E-state index in [1.807, 2.05) is 0 Å². The molecule has 1 heterocycles. The van der Waals surface area contributed by atoms with Gasteiger partial charge in [-0.05, 0) is 43.3 Å². The maximum absolute atomic E-state index is 15.0. The Balaban J connectivity index is 2.06. The van der Waals surface area contributed by atoms with Gasteiger partial charge in [0, 0.05) is 17.4 Å². The Bertz CT molecular complexity index is 1370. The standard InChI is InChI=1S/C22H13F8N3O4/c1-9-13(4-5-15(17(9)23)37-22(28,29)30)36-14-3-2-11(21(25,26)27)18(24)16(14)20(35)33-10-6-7-32-12(8-10)19(31)34/h2-8H,1H3,(H2,31,34)(H,32,33,35). The molecule has 0 fully saturated rings. The van der Waals surface area contributed by atoms with Gasteiger partial charge in [0.1, 0.15) is 22.8 Å². The Morgan fingerprint density at radius 3 is 2.14 bits per heavy atom. The monoisotopic (exact) mass is 535 g/mol. The number of amides is 2. The highest BCUT2D eigenvalue weighted by Crippen LogP contribution is 2.39. The number of carbonyl (C=O) groups is 2. The second kappa shape index (κ2) is 9.91. The number of nitrogens with two attached hydrogens (primary N) is 1. The summed E-state index contributed by atoms with van der Waals surface area (Å²) in [6.45, 7) is 0.955. The van der Waals surface area contributed by atoms with Crippen molar-refractivity contribution in [1.82, 2.24) is 4.98 Å². The van der Waals surface area contributed by atoms with Crippen LogP contribution < -0.4 is 20.5 Å². The minimum atomic E-state index is -5.23. The minimum absolute atomic E-state index is 0.201. The fourth-order valence-corrected chi connectivity index (χ4v) is 2.99. The van der Waals surface area contributed by atoms with Crippen molar-refractivity contribution in [3.8, 4) is 17.2 Å². The van der Waals surface area contributed by atoms with Gasteiger partial charge in [-0.1, -0.05) is 0 Å². The maximum atomic E-state index is 15.0. The first-order chi connectivity index (χ1) is 17.1. The molecule has 3 aromatic rings. The molecule has 37 heavy (non-hydrogen) atoms. The lowest BCUT2D eigenvalue weighted by atomic mass is 10.1. The number of rotatable bonds is 6. The van der Waals surface area contributed by atoms with Gasteiger partial charge < -0.3 is 20.5 Å². The van der Waals surface area contributed by atoms with E-state index < -0.39 is 69.9 Å². The minimum Gasteiger partial charge on any atom is -0.456 e. The topological polar surface area (TPSA) is 104 Å². The smallest absolute Gasteiger partial charge is 0.456 e. The highest BCUT2D eigenvalue weighted by Gasteiger charge is 2.38. The Hall–Kier alpha value is -4.43. The molecule has 7 nitrogen and oxygen atoms in total. The summed E-state index contributed by atoms with van der Waals surface area (Å²) >= 11 is 0. The van der Waals surface area contributed by atoms with Crippen LogP contribution in [0.25, 0.3) is 0 Å². The van der Waals surface area contributed by atoms with Crippen molar-refractivity contribution >= 4 is 17.5 Å². The molecule has 3 N–H and O–H groups in total. The van der Waals surface area contributed by atoms with Crippen molar-refractivity contribution in [2.45, 2.75) is 19.5 Å². The van der Waals surface area contributed by atoms with Crippen LogP contribution in [0.3, 0.4) is 0 Å². The lowest BCUT2D eigenvalue weighted by molar-refractivity contribution is -0.275. The van der Waals surface area contributed by atoms with E-state index in [2.05, 4.69) is 15.0 Å². The number of primary amides is 1. The number of nitrogens with zero attached hydrogens (tertiary/aromatic N) is 1. The molecule has 196 valence electrons. The van der Waals surface area contributed by atoms with E-state index in [4.69, 9.17) is 10.5 Å². The molecular weight excluding hydrogens is 522 g/mol. The average molecular weight is 535 g/mol. The van der Waals surface area contributed by atoms with Crippen LogP contribution in [0.15, 0.2) is 42.6 Å². The second-order valence-corrected chi connectivity index (χ2v) is 7.20. The van der Waals surface area contributed by atoms with E-state index >= 15 is 0 Å². The number of anilines is 1. The van der Waals surface area contributed by atoms with Crippen molar-refractivity contribution < 1.29 is 54.2 Å². The molecule has 0 saturated heterocycles. The van der Waals surface area contributed by atoms with Gasteiger partial charge >= 0.3 is 12.5 Å². The molecule has 3 rings (SSSR count). The van der Waals surface area contributed by atoms with E-state index in [1.54, 1.807) is 0 Å². The van der Waals surface area contributed by atoms with Crippen LogP contribution in [-0.4, -0.2) is 23.2 Å². The summed E-state index contributed by atoms with van der Waals surface area (Å²) in [6, 6.07) is 4.21. The SMILES string of the molecule is Cc1c(Oc2ccc(C(F)(F)F)c(F)c2C(=O)Nc2ccnc(C(N)=O)c2)ccc(OC(F)(F)F)c1F. The van der Waals surface area contributed by atoms with Crippen molar-refractivity contribution in [3.05, 3.63) is 76.6 Å². The molecule has 0 aliphatic heterocycles. The summed E-state index contributed by atoms with van der Waals surface area (Å²) in [7, 11) is 0. The second-order valence-electron chi connectivity index (χ2n) is 7.20. The van der Waals surface area contributed by atoms with E-state index in [0.29, 0.717) is 12.1 Å². The molecule has 0 spiro atoms. The summed E-state index contributed by atoms with van der Waals surface area (Å²) in [6.07, 6.45) is -9.42. The molecule has 2 amide bonds. The van der Waals surface area contributed by atoms with Gasteiger partial charge in [0.25, 0.3) is 11.8 Å². The Morgan fingerprint density at radius 2 is 1.54 bits per heavy atom. The lowest BCUT2D eigenvalue weighted by Crippen LogP contribution is -2.20. The van der Waals surface area contributed by atoms with Crippen LogP contribution in [0.1, 0.15) is 32.0 Å². The predicted molar refractivity (Wildman–Crippen MR) is 110 cm³/mol. The summed E-state index contributed by atoms with van der Waals surface area (Å²) in [5.74, 6) is -8.67. The number of nitrogens with one attached hydrogen (secondary N) is 1. The summed E-state index contributed by atoms with van der Waals surface area (Å²) in [5, 5.41) is 2.07. The number of pyridine rings is 1. The predicted octanol–water partition coefficient (Wildman–Crippen LogP) is 5.73. The van der Waals surface area contributed by atoms with Gasteiger partial charge in [-0.15, -0.1) is 13.2 Å².